The molecule has 270 valence electrons. The number of anilines is 1. The second-order valence-corrected chi connectivity index (χ2v) is 13.9. The number of likely N-dealkylation sites (tertiary alicyclic amines) is 1. The third-order valence-corrected chi connectivity index (χ3v) is 10.5. The fraction of sp³-hybridized carbons (Fsp3) is 0.514. The van der Waals surface area contributed by atoms with Gasteiger partial charge in [-0.25, -0.2) is 4.39 Å². The standard InChI is InChI=1S/C35H40ClF4N5O5/c36-28-13-22(29(37)16-31(28)42-33(47)27-17-41-30-4-2-1-3-26(27)30)14-32(46)45-18-23(44-11-9-43(10-12-44)20-35(38,39)40)15-24(45)19-50-25-7-5-21(6-8-25)34(48)49/h1-4,13,16-17,21,23-25,41H,5-12,14-15,18-20H2,(H,42,47)(H,48,49)/t21?,23-,24-,25?/m0/s1. The Bertz CT molecular complexity index is 1700. The molecule has 50 heavy (non-hydrogen) atoms. The van der Waals surface area contributed by atoms with Crippen LogP contribution in [0.3, 0.4) is 0 Å². The Morgan fingerprint density at radius 2 is 1.76 bits per heavy atom. The van der Waals surface area contributed by atoms with Crippen molar-refractivity contribution in [1.82, 2.24) is 19.7 Å². The van der Waals surface area contributed by atoms with Crippen molar-refractivity contribution in [1.29, 1.82) is 0 Å². The van der Waals surface area contributed by atoms with E-state index in [0.717, 1.165) is 11.6 Å². The molecule has 2 atom stereocenters. The highest BCUT2D eigenvalue weighted by Crippen LogP contribution is 2.32. The van der Waals surface area contributed by atoms with Crippen LogP contribution in [-0.4, -0.2) is 113 Å². The molecule has 1 aliphatic carbocycles. The number of halogens is 5. The number of aliphatic carboxylic acids is 1. The van der Waals surface area contributed by atoms with Crippen molar-refractivity contribution in [2.45, 2.75) is 62.9 Å². The van der Waals surface area contributed by atoms with Gasteiger partial charge in [-0.1, -0.05) is 29.8 Å². The molecule has 3 fully saturated rings. The number of fused-ring (bicyclic) bond motifs is 1. The van der Waals surface area contributed by atoms with Gasteiger partial charge in [-0.05, 0) is 55.9 Å². The van der Waals surface area contributed by atoms with Gasteiger partial charge in [0, 0.05) is 55.9 Å². The van der Waals surface area contributed by atoms with Crippen LogP contribution < -0.4 is 5.32 Å². The molecule has 6 rings (SSSR count). The first-order valence-electron chi connectivity index (χ1n) is 16.9. The Morgan fingerprint density at radius 3 is 2.46 bits per heavy atom. The number of carboxylic acid groups (broad SMARTS) is 1. The van der Waals surface area contributed by atoms with Gasteiger partial charge in [-0.15, -0.1) is 0 Å². The van der Waals surface area contributed by atoms with Crippen molar-refractivity contribution in [2.75, 3.05) is 51.2 Å². The second kappa shape index (κ2) is 15.3. The maximum absolute atomic E-state index is 15.5. The normalized spacial score (nSPS) is 23.7. The first kappa shape index (κ1) is 36.1. The Balaban J connectivity index is 1.12. The predicted molar refractivity (Wildman–Crippen MR) is 179 cm³/mol. The summed E-state index contributed by atoms with van der Waals surface area (Å²) in [5.74, 6) is -2.75. The van der Waals surface area contributed by atoms with Crippen LogP contribution in [0.5, 0.6) is 0 Å². The summed E-state index contributed by atoms with van der Waals surface area (Å²) >= 11 is 6.49. The molecule has 2 saturated heterocycles. The molecular formula is C35H40ClF4N5O5. The fourth-order valence-electron chi connectivity index (χ4n) is 7.42. The number of para-hydroxylation sites is 1. The van der Waals surface area contributed by atoms with Crippen LogP contribution in [0.4, 0.5) is 23.2 Å². The van der Waals surface area contributed by atoms with Crippen molar-refractivity contribution in [3.8, 4) is 0 Å². The number of benzene rings is 2. The quantitative estimate of drug-likeness (QED) is 0.235. The lowest BCUT2D eigenvalue weighted by molar-refractivity contribution is -0.150. The Hall–Kier alpha value is -3.72. The molecule has 10 nitrogen and oxygen atoms in total. The number of hydrogen-bond donors (Lipinski definition) is 3. The number of carboxylic acids is 1. The number of H-pyrrole nitrogens is 1. The van der Waals surface area contributed by atoms with E-state index in [1.165, 1.54) is 11.0 Å². The number of amides is 2. The van der Waals surface area contributed by atoms with E-state index >= 15 is 4.39 Å². The van der Waals surface area contributed by atoms with Gasteiger partial charge in [0.05, 0.1) is 53.9 Å². The lowest BCUT2D eigenvalue weighted by Crippen LogP contribution is -2.52. The van der Waals surface area contributed by atoms with E-state index < -0.39 is 36.3 Å². The number of nitrogens with one attached hydrogen (secondary N) is 2. The largest absolute Gasteiger partial charge is 0.481 e. The van der Waals surface area contributed by atoms with Gasteiger partial charge in [0.2, 0.25) is 5.91 Å². The van der Waals surface area contributed by atoms with Gasteiger partial charge in [0.15, 0.2) is 0 Å². The fourth-order valence-corrected chi connectivity index (χ4v) is 7.65. The van der Waals surface area contributed by atoms with Crippen LogP contribution in [-0.2, 0) is 20.7 Å². The number of nitrogens with zero attached hydrogens (tertiary/aromatic N) is 3. The van der Waals surface area contributed by atoms with Crippen LogP contribution >= 0.6 is 11.6 Å². The summed E-state index contributed by atoms with van der Waals surface area (Å²) in [5, 5.41) is 12.7. The number of piperazine rings is 1. The lowest BCUT2D eigenvalue weighted by atomic mass is 9.87. The molecule has 15 heteroatoms. The number of carbonyl (C=O) groups excluding carboxylic acids is 2. The van der Waals surface area contributed by atoms with Crippen LogP contribution in [0.2, 0.25) is 5.02 Å². The summed E-state index contributed by atoms with van der Waals surface area (Å²) in [5.41, 5.74) is 1.25. The number of rotatable bonds is 10. The van der Waals surface area contributed by atoms with Crippen molar-refractivity contribution < 1.29 is 41.8 Å². The number of aromatic amines is 1. The smallest absolute Gasteiger partial charge is 0.401 e. The zero-order chi connectivity index (χ0) is 35.6. The van der Waals surface area contributed by atoms with Gasteiger partial charge < -0.3 is 25.0 Å². The van der Waals surface area contributed by atoms with E-state index in [2.05, 4.69) is 15.2 Å². The van der Waals surface area contributed by atoms with E-state index in [1.54, 1.807) is 23.2 Å². The highest BCUT2D eigenvalue weighted by atomic mass is 35.5. The Labute approximate surface area is 291 Å². The molecule has 1 saturated carbocycles. The third kappa shape index (κ3) is 8.59. The minimum Gasteiger partial charge on any atom is -0.481 e. The Morgan fingerprint density at radius 1 is 1.04 bits per heavy atom. The highest BCUT2D eigenvalue weighted by molar-refractivity contribution is 6.34. The monoisotopic (exact) mass is 721 g/mol. The average Bonchev–Trinajstić information content (AvgIpc) is 3.71. The summed E-state index contributed by atoms with van der Waals surface area (Å²) < 4.78 is 60.5. The molecule has 3 aliphatic rings. The van der Waals surface area contributed by atoms with Gasteiger partial charge in [0.25, 0.3) is 5.91 Å². The molecule has 0 radical (unpaired) electrons. The summed E-state index contributed by atoms with van der Waals surface area (Å²) in [6, 6.07) is 9.21. The zero-order valence-electron chi connectivity index (χ0n) is 27.4. The maximum Gasteiger partial charge on any atom is 0.401 e. The molecular weight excluding hydrogens is 682 g/mol. The maximum atomic E-state index is 15.5. The predicted octanol–water partition coefficient (Wildman–Crippen LogP) is 5.56. The molecule has 3 heterocycles. The minimum atomic E-state index is -4.27. The molecule has 0 spiro atoms. The molecule has 2 aromatic carbocycles. The molecule has 0 bridgehead atoms. The van der Waals surface area contributed by atoms with E-state index in [4.69, 9.17) is 16.3 Å². The molecule has 3 aromatic rings. The highest BCUT2D eigenvalue weighted by Gasteiger charge is 2.41. The number of carbonyl (C=O) groups is 3. The van der Waals surface area contributed by atoms with Crippen LogP contribution in [0.15, 0.2) is 42.6 Å². The first-order valence-corrected chi connectivity index (χ1v) is 17.2. The van der Waals surface area contributed by atoms with Crippen molar-refractivity contribution in [3.05, 3.63) is 64.6 Å². The zero-order valence-corrected chi connectivity index (χ0v) is 28.1. The topological polar surface area (TPSA) is 118 Å². The number of alkyl halides is 3. The molecule has 0 unspecified atom stereocenters. The van der Waals surface area contributed by atoms with Crippen LogP contribution in [0, 0.1) is 11.7 Å². The summed E-state index contributed by atoms with van der Waals surface area (Å²) in [6.45, 7) is 0.912. The van der Waals surface area contributed by atoms with Crippen molar-refractivity contribution in [2.24, 2.45) is 5.92 Å². The summed E-state index contributed by atoms with van der Waals surface area (Å²) in [7, 11) is 0. The molecule has 3 N–H and O–H groups in total. The SMILES string of the molecule is O=C(Nc1cc(F)c(CC(=O)N2C[C@@H](N3CCN(CC(F)(F)F)CC3)C[C@H]2COC2CCC(C(=O)O)CC2)cc1Cl)c1c[nH]c2ccccc12. The van der Waals surface area contributed by atoms with Crippen LogP contribution in [0.1, 0.15) is 48.0 Å². The summed E-state index contributed by atoms with van der Waals surface area (Å²) in [4.78, 5) is 46.4. The lowest BCUT2D eigenvalue weighted by Gasteiger charge is -2.38. The first-order chi connectivity index (χ1) is 23.8. The van der Waals surface area contributed by atoms with Gasteiger partial charge in [0.1, 0.15) is 5.82 Å². The average molecular weight is 722 g/mol. The van der Waals surface area contributed by atoms with Gasteiger partial charge in [-0.3, -0.25) is 24.2 Å². The minimum absolute atomic E-state index is 0.0565. The van der Waals surface area contributed by atoms with Crippen molar-refractivity contribution in [3.63, 3.8) is 0 Å². The number of hydrogen-bond acceptors (Lipinski definition) is 6. The van der Waals surface area contributed by atoms with E-state index in [1.807, 2.05) is 12.1 Å². The van der Waals surface area contributed by atoms with Crippen molar-refractivity contribution >= 4 is 46.0 Å². The molecule has 2 aliphatic heterocycles. The second-order valence-electron chi connectivity index (χ2n) is 13.5. The number of aromatic nitrogens is 1. The van der Waals surface area contributed by atoms with Crippen LogP contribution in [0.25, 0.3) is 10.9 Å². The van der Waals surface area contributed by atoms with E-state index in [0.29, 0.717) is 62.7 Å². The Kier molecular flexibility index (Phi) is 11.0. The van der Waals surface area contributed by atoms with E-state index in [-0.39, 0.29) is 66.5 Å². The number of ether oxygens (including phenoxy) is 1. The molecule has 1 aromatic heterocycles. The van der Waals surface area contributed by atoms with E-state index in [9.17, 15) is 32.7 Å². The van der Waals surface area contributed by atoms with Gasteiger partial charge in [-0.2, -0.15) is 13.2 Å². The third-order valence-electron chi connectivity index (χ3n) is 10.1. The van der Waals surface area contributed by atoms with Gasteiger partial charge >= 0.3 is 12.1 Å². The molecule has 2 amide bonds. The summed E-state index contributed by atoms with van der Waals surface area (Å²) in [6.07, 6.45) is -0.409.